The fourth-order valence-electron chi connectivity index (χ4n) is 3.95. The lowest BCUT2D eigenvalue weighted by Crippen LogP contribution is -2.47. The zero-order valence-electron chi connectivity index (χ0n) is 16.5. The second-order valence-corrected chi connectivity index (χ2v) is 8.33. The number of aromatic hydroxyl groups is 1. The maximum absolute atomic E-state index is 13.6. The van der Waals surface area contributed by atoms with Crippen molar-refractivity contribution in [3.8, 4) is 17.5 Å². The Bertz CT molecular complexity index is 1130. The van der Waals surface area contributed by atoms with Crippen LogP contribution in [0, 0.1) is 5.82 Å². The van der Waals surface area contributed by atoms with Crippen molar-refractivity contribution in [2.24, 2.45) is 0 Å². The van der Waals surface area contributed by atoms with Gasteiger partial charge in [-0.2, -0.15) is 9.50 Å². The van der Waals surface area contributed by atoms with Crippen LogP contribution in [0.2, 0.25) is 0 Å². The highest BCUT2D eigenvalue weighted by molar-refractivity contribution is 7.17. The summed E-state index contributed by atoms with van der Waals surface area (Å²) in [5.41, 5.74) is 0.937. The third-order valence-corrected chi connectivity index (χ3v) is 6.67. The normalized spacial score (nSPS) is 17.0. The lowest BCUT2D eigenvalue weighted by molar-refractivity contribution is 0.113. The van der Waals surface area contributed by atoms with Crippen LogP contribution in [0.1, 0.15) is 23.4 Å². The number of aromatic nitrogens is 3. The molecular formula is C21H22FN5O2S. The standard InChI is InChI=1S/C21H22FN5O2S/c1-2-25-9-11-26(12-10-25)17(14-5-7-15(22)8-6-14)18-20(28)27-21(30-18)23-19(24-27)16-4-3-13-29-16/h3-8,13,17,28H,2,9-12H2,1H3/t17-/m0/s1. The van der Waals surface area contributed by atoms with Gasteiger partial charge in [-0.05, 0) is 36.4 Å². The molecule has 30 heavy (non-hydrogen) atoms. The van der Waals surface area contributed by atoms with Gasteiger partial charge in [-0.15, -0.1) is 5.10 Å². The summed E-state index contributed by atoms with van der Waals surface area (Å²) in [4.78, 5) is 10.6. The SMILES string of the molecule is CCN1CCN([C@@H](c2ccc(F)cc2)c2sc3nc(-c4ccco4)nn3c2O)CC1. The van der Waals surface area contributed by atoms with Gasteiger partial charge in [-0.25, -0.2) is 4.39 Å². The lowest BCUT2D eigenvalue weighted by atomic mass is 10.0. The van der Waals surface area contributed by atoms with Crippen LogP contribution >= 0.6 is 11.3 Å². The summed E-state index contributed by atoms with van der Waals surface area (Å²) in [5, 5.41) is 15.5. The van der Waals surface area contributed by atoms with Crippen LogP contribution in [-0.2, 0) is 0 Å². The largest absolute Gasteiger partial charge is 0.492 e. The van der Waals surface area contributed by atoms with Crippen molar-refractivity contribution < 1.29 is 13.9 Å². The van der Waals surface area contributed by atoms with Crippen LogP contribution in [0.4, 0.5) is 4.39 Å². The van der Waals surface area contributed by atoms with Gasteiger partial charge in [0.05, 0.1) is 17.2 Å². The Hall–Kier alpha value is -2.75. The van der Waals surface area contributed by atoms with Gasteiger partial charge in [-0.3, -0.25) is 4.90 Å². The topological polar surface area (TPSA) is 70.0 Å². The number of hydrogen-bond acceptors (Lipinski definition) is 7. The van der Waals surface area contributed by atoms with E-state index in [2.05, 4.69) is 26.8 Å². The van der Waals surface area contributed by atoms with E-state index in [0.717, 1.165) is 43.2 Å². The van der Waals surface area contributed by atoms with E-state index < -0.39 is 0 Å². The van der Waals surface area contributed by atoms with Crippen LogP contribution in [0.5, 0.6) is 5.88 Å². The third kappa shape index (κ3) is 3.38. The van der Waals surface area contributed by atoms with Gasteiger partial charge in [-0.1, -0.05) is 30.4 Å². The first kappa shape index (κ1) is 19.2. The number of thiazole rings is 1. The Balaban J connectivity index is 1.55. The Morgan fingerprint density at radius 1 is 1.17 bits per heavy atom. The smallest absolute Gasteiger partial charge is 0.230 e. The molecule has 1 aliphatic rings. The molecule has 1 aliphatic heterocycles. The molecule has 0 saturated carbocycles. The Kier molecular flexibility index (Phi) is 5.01. The van der Waals surface area contributed by atoms with E-state index in [1.807, 2.05) is 0 Å². The Morgan fingerprint density at radius 3 is 2.57 bits per heavy atom. The maximum atomic E-state index is 13.6. The molecule has 156 valence electrons. The summed E-state index contributed by atoms with van der Waals surface area (Å²) in [6.07, 6.45) is 1.57. The summed E-state index contributed by atoms with van der Waals surface area (Å²) >= 11 is 1.40. The highest BCUT2D eigenvalue weighted by atomic mass is 32.1. The zero-order chi connectivity index (χ0) is 20.7. The number of hydrogen-bond donors (Lipinski definition) is 1. The van der Waals surface area contributed by atoms with Gasteiger partial charge in [0.15, 0.2) is 5.76 Å². The van der Waals surface area contributed by atoms with Crippen molar-refractivity contribution in [2.75, 3.05) is 32.7 Å². The van der Waals surface area contributed by atoms with Crippen LogP contribution in [-0.4, -0.2) is 62.2 Å². The highest BCUT2D eigenvalue weighted by Crippen LogP contribution is 2.40. The van der Waals surface area contributed by atoms with E-state index in [1.54, 1.807) is 30.5 Å². The van der Waals surface area contributed by atoms with Gasteiger partial charge in [0.25, 0.3) is 0 Å². The number of benzene rings is 1. The summed E-state index contributed by atoms with van der Waals surface area (Å²) in [6.45, 7) is 6.82. The first-order chi connectivity index (χ1) is 14.6. The Morgan fingerprint density at radius 2 is 1.93 bits per heavy atom. The number of fused-ring (bicyclic) bond motifs is 1. The number of likely N-dealkylation sites (N-methyl/N-ethyl adjacent to an activating group) is 1. The number of furan rings is 1. The molecule has 0 amide bonds. The zero-order valence-corrected chi connectivity index (χ0v) is 17.3. The van der Waals surface area contributed by atoms with Crippen LogP contribution in [0.15, 0.2) is 47.1 Å². The molecule has 9 heteroatoms. The van der Waals surface area contributed by atoms with Crippen molar-refractivity contribution in [1.82, 2.24) is 24.4 Å². The van der Waals surface area contributed by atoms with E-state index in [1.165, 1.54) is 28.0 Å². The summed E-state index contributed by atoms with van der Waals surface area (Å²) < 4.78 is 20.4. The van der Waals surface area contributed by atoms with Gasteiger partial charge in [0.1, 0.15) is 5.82 Å². The number of nitrogens with zero attached hydrogens (tertiary/aromatic N) is 5. The van der Waals surface area contributed by atoms with Crippen LogP contribution < -0.4 is 0 Å². The predicted octanol–water partition coefficient (Wildman–Crippen LogP) is 3.62. The van der Waals surface area contributed by atoms with Crippen molar-refractivity contribution >= 4 is 16.3 Å². The average Bonchev–Trinajstić information content (AvgIpc) is 3.49. The molecule has 4 aromatic rings. The van der Waals surface area contributed by atoms with E-state index in [0.29, 0.717) is 16.5 Å². The van der Waals surface area contributed by atoms with Crippen LogP contribution in [0.3, 0.4) is 0 Å². The maximum Gasteiger partial charge on any atom is 0.230 e. The molecular weight excluding hydrogens is 405 g/mol. The average molecular weight is 428 g/mol. The van der Waals surface area contributed by atoms with Gasteiger partial charge in [0, 0.05) is 26.2 Å². The van der Waals surface area contributed by atoms with Crippen LogP contribution in [0.25, 0.3) is 16.5 Å². The van der Waals surface area contributed by atoms with Gasteiger partial charge in [0.2, 0.25) is 16.7 Å². The van der Waals surface area contributed by atoms with Gasteiger partial charge >= 0.3 is 0 Å². The number of rotatable bonds is 5. The molecule has 0 spiro atoms. The molecule has 1 N–H and O–H groups in total. The van der Waals surface area contributed by atoms with E-state index in [9.17, 15) is 9.50 Å². The second-order valence-electron chi connectivity index (χ2n) is 7.32. The minimum atomic E-state index is -0.275. The van der Waals surface area contributed by atoms with Crippen molar-refractivity contribution in [2.45, 2.75) is 13.0 Å². The molecule has 1 fully saturated rings. The second kappa shape index (κ2) is 7.82. The minimum Gasteiger partial charge on any atom is -0.492 e. The summed E-state index contributed by atoms with van der Waals surface area (Å²) in [6, 6.07) is 9.87. The molecule has 1 saturated heterocycles. The number of halogens is 1. The Labute approximate surface area is 177 Å². The van der Waals surface area contributed by atoms with Gasteiger partial charge < -0.3 is 14.4 Å². The predicted molar refractivity (Wildman–Crippen MR) is 112 cm³/mol. The molecule has 0 aliphatic carbocycles. The van der Waals surface area contributed by atoms with Crippen molar-refractivity contribution in [3.63, 3.8) is 0 Å². The molecule has 0 unspecified atom stereocenters. The van der Waals surface area contributed by atoms with E-state index in [4.69, 9.17) is 4.42 Å². The molecule has 3 aromatic heterocycles. The van der Waals surface area contributed by atoms with E-state index >= 15 is 0 Å². The van der Waals surface area contributed by atoms with Crippen molar-refractivity contribution in [3.05, 3.63) is 58.9 Å². The number of piperazine rings is 1. The van der Waals surface area contributed by atoms with Crippen molar-refractivity contribution in [1.29, 1.82) is 0 Å². The summed E-state index contributed by atoms with van der Waals surface area (Å²) in [5.74, 6) is 0.774. The quantitative estimate of drug-likeness (QED) is 0.525. The molecule has 1 aromatic carbocycles. The van der Waals surface area contributed by atoms with E-state index in [-0.39, 0.29) is 17.7 Å². The highest BCUT2D eigenvalue weighted by Gasteiger charge is 2.31. The fourth-order valence-corrected chi connectivity index (χ4v) is 5.07. The third-order valence-electron chi connectivity index (χ3n) is 5.59. The fraction of sp³-hybridized carbons (Fsp3) is 0.333. The lowest BCUT2D eigenvalue weighted by Gasteiger charge is -2.38. The molecule has 7 nitrogen and oxygen atoms in total. The first-order valence-corrected chi connectivity index (χ1v) is 10.8. The monoisotopic (exact) mass is 427 g/mol. The minimum absolute atomic E-state index is 0.0625. The molecule has 5 rings (SSSR count). The first-order valence-electron chi connectivity index (χ1n) is 9.98. The molecule has 0 radical (unpaired) electrons. The molecule has 1 atom stereocenters. The summed E-state index contributed by atoms with van der Waals surface area (Å²) in [7, 11) is 0. The molecule has 4 heterocycles. The molecule has 0 bridgehead atoms.